The van der Waals surface area contributed by atoms with Crippen LogP contribution in [0.15, 0.2) is 24.4 Å². The lowest BCUT2D eigenvalue weighted by Gasteiger charge is -2.09. The number of hydrogen-bond donors (Lipinski definition) is 2. The van der Waals surface area contributed by atoms with Crippen LogP contribution in [0.5, 0.6) is 5.75 Å². The second-order valence-electron chi connectivity index (χ2n) is 4.10. The summed E-state index contributed by atoms with van der Waals surface area (Å²) in [6, 6.07) is 5.45. The molecule has 2 aromatic rings. The van der Waals surface area contributed by atoms with E-state index in [2.05, 4.69) is 10.3 Å². The van der Waals surface area contributed by atoms with Gasteiger partial charge in [-0.1, -0.05) is 22.9 Å². The van der Waals surface area contributed by atoms with Crippen molar-refractivity contribution in [3.63, 3.8) is 0 Å². The largest absolute Gasteiger partial charge is 0.491 e. The van der Waals surface area contributed by atoms with E-state index in [1.54, 1.807) is 12.1 Å². The van der Waals surface area contributed by atoms with Gasteiger partial charge in [0.2, 0.25) is 0 Å². The molecule has 7 nitrogen and oxygen atoms in total. The van der Waals surface area contributed by atoms with Crippen molar-refractivity contribution in [2.45, 2.75) is 13.5 Å². The lowest BCUT2D eigenvalue weighted by molar-refractivity contribution is 0.0948. The Labute approximate surface area is 120 Å². The first kappa shape index (κ1) is 14.3. The number of nitrogens with one attached hydrogen (secondary N) is 1. The van der Waals surface area contributed by atoms with Gasteiger partial charge in [0.05, 0.1) is 12.7 Å². The number of nitrogen functional groups attached to an aromatic ring is 1. The van der Waals surface area contributed by atoms with Crippen molar-refractivity contribution >= 4 is 17.5 Å². The van der Waals surface area contributed by atoms with E-state index >= 15 is 0 Å². The zero-order valence-electron chi connectivity index (χ0n) is 10.8. The summed E-state index contributed by atoms with van der Waals surface area (Å²) < 4.78 is 7.12. The van der Waals surface area contributed by atoms with E-state index in [0.29, 0.717) is 18.2 Å². The number of nitrogens with zero attached hydrogens (tertiary/aromatic N) is 3. The first-order valence-corrected chi connectivity index (χ1v) is 6.28. The fraction of sp³-hybridized carbons (Fsp3) is 0.250. The fourth-order valence-electron chi connectivity index (χ4n) is 1.56. The van der Waals surface area contributed by atoms with Crippen molar-refractivity contribution in [1.29, 1.82) is 0 Å². The third-order valence-corrected chi connectivity index (χ3v) is 2.87. The Bertz CT molecular complexity index is 614. The molecule has 0 unspecified atom stereocenters. The third kappa shape index (κ3) is 3.46. The first-order valence-electron chi connectivity index (χ1n) is 5.90. The van der Waals surface area contributed by atoms with E-state index in [0.717, 1.165) is 11.3 Å². The lowest BCUT2D eigenvalue weighted by atomic mass is 10.2. The monoisotopic (exact) mass is 295 g/mol. The summed E-state index contributed by atoms with van der Waals surface area (Å²) in [5.41, 5.74) is 3.14. The van der Waals surface area contributed by atoms with E-state index in [4.69, 9.17) is 22.2 Å². The summed E-state index contributed by atoms with van der Waals surface area (Å²) in [6.45, 7) is 2.77. The number of nitrogens with two attached hydrogens (primary N) is 1. The van der Waals surface area contributed by atoms with Crippen LogP contribution in [0.25, 0.3) is 0 Å². The molecule has 0 saturated carbocycles. The van der Waals surface area contributed by atoms with E-state index < -0.39 is 5.91 Å². The topological polar surface area (TPSA) is 95.1 Å². The van der Waals surface area contributed by atoms with Crippen LogP contribution in [0.3, 0.4) is 0 Å². The Hall–Kier alpha value is -2.12. The molecule has 3 N–H and O–H groups in total. The molecule has 8 heteroatoms. The molecule has 20 heavy (non-hydrogen) atoms. The SMILES string of the molecule is Cc1ccc(Cl)cc1OCCn1cc(C(=O)NN)nn1. The molecule has 1 heterocycles. The Morgan fingerprint density at radius 2 is 2.35 bits per heavy atom. The molecule has 106 valence electrons. The predicted octanol–water partition coefficient (Wildman–Crippen LogP) is 0.922. The van der Waals surface area contributed by atoms with Gasteiger partial charge in [-0.3, -0.25) is 10.2 Å². The number of carbonyl (C=O) groups excluding carboxylic acids is 1. The van der Waals surface area contributed by atoms with Crippen molar-refractivity contribution in [2.24, 2.45) is 5.84 Å². The molecule has 0 aliphatic carbocycles. The molecular formula is C12H14ClN5O2. The minimum absolute atomic E-state index is 0.159. The lowest BCUT2D eigenvalue weighted by Crippen LogP contribution is -2.30. The van der Waals surface area contributed by atoms with Crippen LogP contribution >= 0.6 is 11.6 Å². The van der Waals surface area contributed by atoms with Crippen molar-refractivity contribution in [1.82, 2.24) is 20.4 Å². The van der Waals surface area contributed by atoms with Gasteiger partial charge in [0.25, 0.3) is 5.91 Å². The van der Waals surface area contributed by atoms with Crippen molar-refractivity contribution < 1.29 is 9.53 Å². The summed E-state index contributed by atoms with van der Waals surface area (Å²) in [6.07, 6.45) is 1.50. The van der Waals surface area contributed by atoms with Gasteiger partial charge in [-0.2, -0.15) is 0 Å². The number of ether oxygens (including phenoxy) is 1. The van der Waals surface area contributed by atoms with Gasteiger partial charge in [-0.15, -0.1) is 5.10 Å². The van der Waals surface area contributed by atoms with Crippen LogP contribution in [0.1, 0.15) is 16.1 Å². The standard InChI is InChI=1S/C12H14ClN5O2/c1-8-2-3-9(13)6-11(8)20-5-4-18-7-10(16-17-18)12(19)15-14/h2-3,6-7H,4-5,14H2,1H3,(H,15,19). The molecule has 0 aliphatic heterocycles. The van der Waals surface area contributed by atoms with E-state index in [1.807, 2.05) is 18.4 Å². The highest BCUT2D eigenvalue weighted by Crippen LogP contribution is 2.22. The van der Waals surface area contributed by atoms with Gasteiger partial charge in [0, 0.05) is 5.02 Å². The van der Waals surface area contributed by atoms with Gasteiger partial charge in [0.15, 0.2) is 5.69 Å². The van der Waals surface area contributed by atoms with Gasteiger partial charge in [0.1, 0.15) is 12.4 Å². The van der Waals surface area contributed by atoms with Gasteiger partial charge in [-0.05, 0) is 24.6 Å². The van der Waals surface area contributed by atoms with Gasteiger partial charge < -0.3 is 4.74 Å². The maximum atomic E-state index is 11.2. The Balaban J connectivity index is 1.91. The summed E-state index contributed by atoms with van der Waals surface area (Å²) in [7, 11) is 0. The number of benzene rings is 1. The molecule has 1 aromatic heterocycles. The molecule has 0 bridgehead atoms. The Morgan fingerprint density at radius 1 is 1.55 bits per heavy atom. The summed E-state index contributed by atoms with van der Waals surface area (Å²) in [5, 5.41) is 8.11. The van der Waals surface area contributed by atoms with E-state index in [9.17, 15) is 4.79 Å². The predicted molar refractivity (Wildman–Crippen MR) is 73.4 cm³/mol. The zero-order valence-corrected chi connectivity index (χ0v) is 11.6. The van der Waals surface area contributed by atoms with Crippen LogP contribution in [-0.2, 0) is 6.54 Å². The van der Waals surface area contributed by atoms with E-state index in [1.165, 1.54) is 10.9 Å². The Kier molecular flexibility index (Phi) is 4.54. The number of carbonyl (C=O) groups is 1. The highest BCUT2D eigenvalue weighted by Gasteiger charge is 2.08. The molecule has 0 fully saturated rings. The van der Waals surface area contributed by atoms with Crippen molar-refractivity contribution in [3.8, 4) is 5.75 Å². The molecule has 0 radical (unpaired) electrons. The quantitative estimate of drug-likeness (QED) is 0.486. The fourth-order valence-corrected chi connectivity index (χ4v) is 1.73. The number of hydrazine groups is 1. The van der Waals surface area contributed by atoms with Crippen molar-refractivity contribution in [2.75, 3.05) is 6.61 Å². The maximum absolute atomic E-state index is 11.2. The van der Waals surface area contributed by atoms with Crippen molar-refractivity contribution in [3.05, 3.63) is 40.7 Å². The minimum Gasteiger partial charge on any atom is -0.491 e. The second-order valence-corrected chi connectivity index (χ2v) is 4.54. The van der Waals surface area contributed by atoms with E-state index in [-0.39, 0.29) is 5.69 Å². The summed E-state index contributed by atoms with van der Waals surface area (Å²) in [4.78, 5) is 11.2. The zero-order chi connectivity index (χ0) is 14.5. The number of aryl methyl sites for hydroxylation is 1. The van der Waals surface area contributed by atoms with Crippen LogP contribution in [0, 0.1) is 6.92 Å². The molecular weight excluding hydrogens is 282 g/mol. The van der Waals surface area contributed by atoms with Crippen LogP contribution in [0.2, 0.25) is 5.02 Å². The number of aromatic nitrogens is 3. The highest BCUT2D eigenvalue weighted by atomic mass is 35.5. The average molecular weight is 296 g/mol. The van der Waals surface area contributed by atoms with Crippen LogP contribution < -0.4 is 16.0 Å². The maximum Gasteiger partial charge on any atom is 0.287 e. The summed E-state index contributed by atoms with van der Waals surface area (Å²) >= 11 is 5.90. The average Bonchev–Trinajstić information content (AvgIpc) is 2.90. The minimum atomic E-state index is -0.483. The number of rotatable bonds is 5. The molecule has 1 aromatic carbocycles. The van der Waals surface area contributed by atoms with Crippen LogP contribution in [-0.4, -0.2) is 27.5 Å². The summed E-state index contributed by atoms with van der Waals surface area (Å²) in [5.74, 6) is 5.24. The number of hydrogen-bond acceptors (Lipinski definition) is 5. The second kappa shape index (κ2) is 6.36. The smallest absolute Gasteiger partial charge is 0.287 e. The molecule has 0 aliphatic rings. The molecule has 0 spiro atoms. The number of halogens is 1. The molecule has 0 atom stereocenters. The van der Waals surface area contributed by atoms with Gasteiger partial charge in [-0.25, -0.2) is 10.5 Å². The first-order chi connectivity index (χ1) is 9.60. The molecule has 1 amide bonds. The van der Waals surface area contributed by atoms with Crippen LogP contribution in [0.4, 0.5) is 0 Å². The molecule has 0 saturated heterocycles. The number of amides is 1. The highest BCUT2D eigenvalue weighted by molar-refractivity contribution is 6.30. The van der Waals surface area contributed by atoms with Gasteiger partial charge >= 0.3 is 0 Å². The Morgan fingerprint density at radius 3 is 3.10 bits per heavy atom. The third-order valence-electron chi connectivity index (χ3n) is 2.63. The molecule has 2 rings (SSSR count). The normalized spacial score (nSPS) is 10.3.